The molecule has 3 rings (SSSR count). The predicted molar refractivity (Wildman–Crippen MR) is 103 cm³/mol. The minimum atomic E-state index is -4.98. The Balaban J connectivity index is 1.78. The molecule has 4 nitrogen and oxygen atoms in total. The Kier molecular flexibility index (Phi) is 7.10. The summed E-state index contributed by atoms with van der Waals surface area (Å²) in [6.07, 6.45) is 31.9. The summed E-state index contributed by atoms with van der Waals surface area (Å²) in [5.41, 5.74) is 0. The van der Waals surface area contributed by atoms with E-state index in [2.05, 4.69) is 0 Å². The fourth-order valence-corrected chi connectivity index (χ4v) is 6.53. The average Bonchev–Trinajstić information content (AvgIpc) is 3.11. The average molecular weight is 459 g/mol. The van der Waals surface area contributed by atoms with Crippen LogP contribution in [0.25, 0.3) is 0 Å². The Morgan fingerprint density at radius 1 is 0.423 bits per heavy atom. The molecule has 0 bridgehead atoms. The van der Waals surface area contributed by atoms with Crippen LogP contribution in [0.3, 0.4) is 0 Å². The Labute approximate surface area is 159 Å². The molecule has 26 heavy (non-hydrogen) atoms. The fourth-order valence-electron chi connectivity index (χ4n) is 2.35. The zero-order chi connectivity index (χ0) is 18.1. The van der Waals surface area contributed by atoms with E-state index in [1.54, 1.807) is 0 Å². The van der Waals surface area contributed by atoms with E-state index in [-0.39, 0.29) is 0 Å². The molecule has 0 aromatic rings. The van der Waals surface area contributed by atoms with Gasteiger partial charge in [-0.2, -0.15) is 0 Å². The zero-order valence-electron chi connectivity index (χ0n) is 14.2. The summed E-state index contributed by atoms with van der Waals surface area (Å²) in [5, 5.41) is 0. The van der Waals surface area contributed by atoms with Crippen molar-refractivity contribution in [2.75, 3.05) is 0 Å². The van der Waals surface area contributed by atoms with Crippen LogP contribution in [-0.4, -0.2) is 38.4 Å². The van der Waals surface area contributed by atoms with E-state index in [1.807, 2.05) is 109 Å². The van der Waals surface area contributed by atoms with Gasteiger partial charge in [0.05, 0.1) is 0 Å². The van der Waals surface area contributed by atoms with Crippen LogP contribution in [0.2, 0.25) is 0 Å². The van der Waals surface area contributed by atoms with Gasteiger partial charge < -0.3 is 0 Å². The summed E-state index contributed by atoms with van der Waals surface area (Å²) < 4.78 is 31.1. The van der Waals surface area contributed by atoms with Crippen LogP contribution < -0.4 is 0 Å². The summed E-state index contributed by atoms with van der Waals surface area (Å²) >= 11 is -4.98. The summed E-state index contributed by atoms with van der Waals surface area (Å²) in [7, 11) is 0. The van der Waals surface area contributed by atoms with Gasteiger partial charge in [0.1, 0.15) is 0 Å². The van der Waals surface area contributed by atoms with Gasteiger partial charge in [-0.05, 0) is 0 Å². The molecule has 0 spiro atoms. The second kappa shape index (κ2) is 9.75. The van der Waals surface area contributed by atoms with Gasteiger partial charge in [0.25, 0.3) is 0 Å². The molecule has 0 unspecified atom stereocenters. The van der Waals surface area contributed by atoms with E-state index >= 15 is 0 Å². The van der Waals surface area contributed by atoms with Crippen LogP contribution in [0.15, 0.2) is 109 Å². The van der Waals surface area contributed by atoms with Crippen LogP contribution in [0, 0.1) is 0 Å². The van der Waals surface area contributed by atoms with Crippen molar-refractivity contribution in [3.05, 3.63) is 109 Å². The third kappa shape index (κ3) is 6.15. The van der Waals surface area contributed by atoms with Crippen molar-refractivity contribution in [1.82, 2.24) is 0 Å². The molecule has 5 heteroatoms. The standard InChI is InChI=1S/3C7H7O.O.Sb/c3*8-7-5-3-1-2-4-6-7;;/h3*1-7H;;/q3*-1;;+3. The van der Waals surface area contributed by atoms with Gasteiger partial charge in [0, 0.05) is 0 Å². The summed E-state index contributed by atoms with van der Waals surface area (Å²) in [4.78, 5) is 0. The van der Waals surface area contributed by atoms with Gasteiger partial charge >= 0.3 is 160 Å². The molecule has 134 valence electrons. The van der Waals surface area contributed by atoms with Crippen molar-refractivity contribution in [3.63, 3.8) is 0 Å². The van der Waals surface area contributed by atoms with Gasteiger partial charge in [0.15, 0.2) is 0 Å². The molecule has 0 radical (unpaired) electrons. The Hall–Kier alpha value is -1.84. The molecule has 0 saturated heterocycles. The quantitative estimate of drug-likeness (QED) is 0.563. The summed E-state index contributed by atoms with van der Waals surface area (Å²) in [5.74, 6) is 0. The maximum atomic E-state index is 13.5. The molecule has 0 aromatic carbocycles. The molecular formula is C21H21O4Sb. The first kappa shape index (κ1) is 18.9. The summed E-state index contributed by atoms with van der Waals surface area (Å²) in [6, 6.07) is 0. The Bertz CT molecular complexity index is 640. The molecule has 0 amide bonds. The third-order valence-corrected chi connectivity index (χ3v) is 7.85. The van der Waals surface area contributed by atoms with Crippen LogP contribution in [0.5, 0.6) is 0 Å². The molecular weight excluding hydrogens is 438 g/mol. The topological polar surface area (TPSA) is 44.8 Å². The van der Waals surface area contributed by atoms with Crippen molar-refractivity contribution in [2.24, 2.45) is 0 Å². The third-order valence-electron chi connectivity index (χ3n) is 3.56. The first-order valence-electron chi connectivity index (χ1n) is 8.44. The van der Waals surface area contributed by atoms with E-state index in [0.29, 0.717) is 0 Å². The number of allylic oxidation sites excluding steroid dienone is 12. The second-order valence-electron chi connectivity index (χ2n) is 5.62. The van der Waals surface area contributed by atoms with Gasteiger partial charge in [-0.15, -0.1) is 0 Å². The SMILES string of the molecule is [O]=[Sb]([O]C1C=CC=CC=C1)([O]C1C=CC=CC=C1)[O]C1C=CC=CC=C1. The number of hydrogen-bond donors (Lipinski definition) is 0. The maximum absolute atomic E-state index is 13.5. The van der Waals surface area contributed by atoms with Crippen molar-refractivity contribution in [2.45, 2.75) is 18.3 Å². The second-order valence-corrected chi connectivity index (χ2v) is 9.98. The normalized spacial score (nSPS) is 20.6. The van der Waals surface area contributed by atoms with Crippen LogP contribution in [0.1, 0.15) is 0 Å². The first-order valence-corrected chi connectivity index (χ1v) is 12.6. The zero-order valence-corrected chi connectivity index (χ0v) is 16.8. The van der Waals surface area contributed by atoms with Gasteiger partial charge in [-0.1, -0.05) is 0 Å². The van der Waals surface area contributed by atoms with E-state index in [0.717, 1.165) is 0 Å². The van der Waals surface area contributed by atoms with Crippen LogP contribution in [0.4, 0.5) is 0 Å². The molecule has 3 aliphatic carbocycles. The molecule has 0 heterocycles. The van der Waals surface area contributed by atoms with Crippen molar-refractivity contribution in [3.8, 4) is 0 Å². The van der Waals surface area contributed by atoms with Crippen molar-refractivity contribution in [1.29, 1.82) is 0 Å². The summed E-state index contributed by atoms with van der Waals surface area (Å²) in [6.45, 7) is 0. The van der Waals surface area contributed by atoms with Gasteiger partial charge in [0.2, 0.25) is 0 Å². The van der Waals surface area contributed by atoms with Crippen molar-refractivity contribution < 1.29 is 12.1 Å². The predicted octanol–water partition coefficient (Wildman–Crippen LogP) is 4.05. The first-order chi connectivity index (χ1) is 12.7. The molecule has 0 aliphatic heterocycles. The molecule has 0 N–H and O–H groups in total. The monoisotopic (exact) mass is 458 g/mol. The molecule has 3 aliphatic rings. The van der Waals surface area contributed by atoms with Crippen molar-refractivity contribution >= 4 is 20.1 Å². The Morgan fingerprint density at radius 2 is 0.654 bits per heavy atom. The minimum absolute atomic E-state index is 0.470. The van der Waals surface area contributed by atoms with Gasteiger partial charge in [-0.25, -0.2) is 0 Å². The molecule has 0 saturated carbocycles. The molecule has 0 fully saturated rings. The Morgan fingerprint density at radius 3 is 0.885 bits per heavy atom. The molecule has 0 atom stereocenters. The fraction of sp³-hybridized carbons (Fsp3) is 0.143. The van der Waals surface area contributed by atoms with Gasteiger partial charge in [-0.3, -0.25) is 0 Å². The van der Waals surface area contributed by atoms with E-state index in [4.69, 9.17) is 9.05 Å². The molecule has 0 aromatic heterocycles. The number of rotatable bonds is 6. The van der Waals surface area contributed by atoms with Crippen LogP contribution >= 0.6 is 0 Å². The van der Waals surface area contributed by atoms with E-state index in [9.17, 15) is 3.02 Å². The van der Waals surface area contributed by atoms with Crippen LogP contribution in [-0.2, 0) is 12.1 Å². The van der Waals surface area contributed by atoms with E-state index in [1.165, 1.54) is 0 Å². The number of hydrogen-bond acceptors (Lipinski definition) is 4. The van der Waals surface area contributed by atoms with E-state index < -0.39 is 38.4 Å².